The molecule has 0 unspecified atom stereocenters. The fourth-order valence-corrected chi connectivity index (χ4v) is 5.02. The molecule has 4 bridgehead atoms. The number of pyridine rings is 1. The third kappa shape index (κ3) is 1.96. The molecule has 0 spiro atoms. The van der Waals surface area contributed by atoms with Crippen LogP contribution in [0.1, 0.15) is 32.1 Å². The van der Waals surface area contributed by atoms with Gasteiger partial charge in [-0.05, 0) is 67.9 Å². The van der Waals surface area contributed by atoms with Crippen LogP contribution < -0.4 is 5.32 Å². The molecule has 4 saturated carbocycles. The van der Waals surface area contributed by atoms with Crippen LogP contribution in [0.25, 0.3) is 0 Å². The van der Waals surface area contributed by atoms with Gasteiger partial charge in [-0.1, -0.05) is 0 Å². The van der Waals surface area contributed by atoms with Crippen molar-refractivity contribution in [3.8, 4) is 0 Å². The summed E-state index contributed by atoms with van der Waals surface area (Å²) >= 11 is 0. The number of nitrogens with zero attached hydrogens (tertiary/aromatic N) is 1. The third-order valence-electron chi connectivity index (χ3n) is 5.46. The minimum absolute atomic E-state index is 0.238. The van der Waals surface area contributed by atoms with Crippen molar-refractivity contribution in [2.24, 2.45) is 29.6 Å². The molecule has 4 fully saturated rings. The van der Waals surface area contributed by atoms with Gasteiger partial charge in [0.15, 0.2) is 0 Å². The summed E-state index contributed by atoms with van der Waals surface area (Å²) in [7, 11) is 0. The molecule has 0 atom stereocenters. The quantitative estimate of drug-likeness (QED) is 0.883. The van der Waals surface area contributed by atoms with Gasteiger partial charge in [-0.3, -0.25) is 9.78 Å². The summed E-state index contributed by atoms with van der Waals surface area (Å²) in [4.78, 5) is 16.6. The van der Waals surface area contributed by atoms with Crippen LogP contribution in [0.5, 0.6) is 0 Å². The molecular formula is C16H20N2O. The molecule has 0 radical (unpaired) electrons. The number of nitrogens with one attached hydrogen (secondary N) is 1. The largest absolute Gasteiger partial charge is 0.324 e. The summed E-state index contributed by atoms with van der Waals surface area (Å²) in [5.74, 6) is 3.63. The lowest BCUT2D eigenvalue weighted by Gasteiger charge is -2.53. The van der Waals surface area contributed by atoms with Gasteiger partial charge >= 0.3 is 0 Å². The minimum atomic E-state index is 0.238. The summed E-state index contributed by atoms with van der Waals surface area (Å²) in [5, 5.41) is 3.07. The first kappa shape index (κ1) is 11.4. The molecule has 19 heavy (non-hydrogen) atoms. The second-order valence-electron chi connectivity index (χ2n) is 6.69. The summed E-state index contributed by atoms with van der Waals surface area (Å²) in [6, 6.07) is 3.79. The zero-order valence-corrected chi connectivity index (χ0v) is 11.1. The minimum Gasteiger partial charge on any atom is -0.324 e. The fraction of sp³-hybridized carbons (Fsp3) is 0.625. The average Bonchev–Trinajstić information content (AvgIpc) is 2.38. The third-order valence-corrected chi connectivity index (χ3v) is 5.46. The van der Waals surface area contributed by atoms with E-state index in [2.05, 4.69) is 10.3 Å². The maximum atomic E-state index is 12.6. The van der Waals surface area contributed by atoms with Crippen LogP contribution in [0.15, 0.2) is 24.5 Å². The zero-order chi connectivity index (χ0) is 12.8. The van der Waals surface area contributed by atoms with Gasteiger partial charge < -0.3 is 5.32 Å². The maximum Gasteiger partial charge on any atom is 0.228 e. The normalized spacial score (nSPS) is 39.3. The predicted molar refractivity (Wildman–Crippen MR) is 73.4 cm³/mol. The highest BCUT2D eigenvalue weighted by atomic mass is 16.1. The Morgan fingerprint density at radius 2 is 1.79 bits per heavy atom. The van der Waals surface area contributed by atoms with Gasteiger partial charge in [-0.15, -0.1) is 0 Å². The molecule has 100 valence electrons. The molecule has 0 aromatic carbocycles. The van der Waals surface area contributed by atoms with Crippen LogP contribution in [0.2, 0.25) is 0 Å². The summed E-state index contributed by atoms with van der Waals surface area (Å²) in [5.41, 5.74) is 0.835. The lowest BCUT2D eigenvalue weighted by molar-refractivity contribution is -0.132. The van der Waals surface area contributed by atoms with Crippen LogP contribution in [-0.4, -0.2) is 10.9 Å². The summed E-state index contributed by atoms with van der Waals surface area (Å²) in [6.45, 7) is 0. The van der Waals surface area contributed by atoms with Gasteiger partial charge in [-0.2, -0.15) is 0 Å². The number of amides is 1. The molecule has 1 heterocycles. The molecule has 1 N–H and O–H groups in total. The van der Waals surface area contributed by atoms with E-state index < -0.39 is 0 Å². The lowest BCUT2D eigenvalue weighted by Crippen LogP contribution is -2.49. The fourth-order valence-electron chi connectivity index (χ4n) is 5.02. The van der Waals surface area contributed by atoms with Crippen molar-refractivity contribution < 1.29 is 4.79 Å². The average molecular weight is 256 g/mol. The molecule has 3 nitrogen and oxygen atoms in total. The molecule has 1 aromatic rings. The number of anilines is 1. The van der Waals surface area contributed by atoms with Crippen molar-refractivity contribution in [3.05, 3.63) is 24.5 Å². The molecule has 4 aliphatic rings. The molecular weight excluding hydrogens is 236 g/mol. The zero-order valence-electron chi connectivity index (χ0n) is 11.1. The molecule has 1 aromatic heterocycles. The van der Waals surface area contributed by atoms with E-state index in [0.29, 0.717) is 11.8 Å². The van der Waals surface area contributed by atoms with E-state index in [1.165, 1.54) is 32.1 Å². The van der Waals surface area contributed by atoms with E-state index >= 15 is 0 Å². The first-order valence-electron chi connectivity index (χ1n) is 7.50. The van der Waals surface area contributed by atoms with E-state index in [9.17, 15) is 4.79 Å². The Kier molecular flexibility index (Phi) is 2.61. The van der Waals surface area contributed by atoms with E-state index in [1.54, 1.807) is 12.4 Å². The van der Waals surface area contributed by atoms with Gasteiger partial charge in [0, 0.05) is 12.1 Å². The van der Waals surface area contributed by atoms with Gasteiger partial charge in [0.1, 0.15) is 0 Å². The summed E-state index contributed by atoms with van der Waals surface area (Å²) in [6.07, 6.45) is 10.1. The van der Waals surface area contributed by atoms with Crippen LogP contribution in [0.3, 0.4) is 0 Å². The highest BCUT2D eigenvalue weighted by Gasteiger charge is 2.50. The van der Waals surface area contributed by atoms with Gasteiger partial charge in [0.25, 0.3) is 0 Å². The smallest absolute Gasteiger partial charge is 0.228 e. The molecule has 1 amide bonds. The van der Waals surface area contributed by atoms with Crippen LogP contribution in [0, 0.1) is 29.6 Å². The number of carbonyl (C=O) groups is 1. The first-order valence-corrected chi connectivity index (χ1v) is 7.50. The Balaban J connectivity index is 1.51. The topological polar surface area (TPSA) is 42.0 Å². The molecule has 4 aliphatic carbocycles. The van der Waals surface area contributed by atoms with Crippen LogP contribution >= 0.6 is 0 Å². The highest BCUT2D eigenvalue weighted by Crippen LogP contribution is 2.56. The predicted octanol–water partition coefficient (Wildman–Crippen LogP) is 3.09. The molecule has 0 saturated heterocycles. The monoisotopic (exact) mass is 256 g/mol. The second-order valence-corrected chi connectivity index (χ2v) is 6.69. The van der Waals surface area contributed by atoms with E-state index in [-0.39, 0.29) is 11.8 Å². The van der Waals surface area contributed by atoms with Crippen molar-refractivity contribution in [3.63, 3.8) is 0 Å². The number of carbonyl (C=O) groups excluding carboxylic acids is 1. The van der Waals surface area contributed by atoms with Crippen molar-refractivity contribution in [1.82, 2.24) is 4.98 Å². The van der Waals surface area contributed by atoms with Gasteiger partial charge in [-0.25, -0.2) is 0 Å². The van der Waals surface area contributed by atoms with E-state index in [0.717, 1.165) is 17.5 Å². The van der Waals surface area contributed by atoms with E-state index in [1.807, 2.05) is 12.1 Å². The number of aromatic nitrogens is 1. The SMILES string of the molecule is O=C(Nc1cccnc1)C1C2CC3CC(C2)CC1C3. The van der Waals surface area contributed by atoms with Crippen molar-refractivity contribution in [2.75, 3.05) is 5.32 Å². The van der Waals surface area contributed by atoms with Gasteiger partial charge in [0.05, 0.1) is 11.9 Å². The van der Waals surface area contributed by atoms with Crippen LogP contribution in [-0.2, 0) is 4.79 Å². The van der Waals surface area contributed by atoms with E-state index in [4.69, 9.17) is 0 Å². The molecule has 5 rings (SSSR count). The Morgan fingerprint density at radius 1 is 1.11 bits per heavy atom. The van der Waals surface area contributed by atoms with Crippen molar-refractivity contribution in [2.45, 2.75) is 32.1 Å². The molecule has 3 heteroatoms. The Hall–Kier alpha value is -1.38. The first-order chi connectivity index (χ1) is 9.29. The maximum absolute atomic E-state index is 12.6. The standard InChI is InChI=1S/C16H20N2O/c19-16(18-14-2-1-3-17-9-14)15-12-5-10-4-11(7-12)8-13(15)6-10/h1-3,9-13,15H,4-8H2,(H,18,19). The van der Waals surface area contributed by atoms with Gasteiger partial charge in [0.2, 0.25) is 5.91 Å². The Morgan fingerprint density at radius 3 is 2.37 bits per heavy atom. The van der Waals surface area contributed by atoms with Crippen LogP contribution in [0.4, 0.5) is 5.69 Å². The lowest BCUT2D eigenvalue weighted by atomic mass is 9.51. The number of hydrogen-bond acceptors (Lipinski definition) is 2. The van der Waals surface area contributed by atoms with Crippen molar-refractivity contribution in [1.29, 1.82) is 0 Å². The Labute approximate surface area is 113 Å². The number of hydrogen-bond donors (Lipinski definition) is 1. The molecule has 0 aliphatic heterocycles. The van der Waals surface area contributed by atoms with Crippen molar-refractivity contribution >= 4 is 11.6 Å². The highest BCUT2D eigenvalue weighted by molar-refractivity contribution is 5.93. The Bertz CT molecular complexity index is 457. The second kappa shape index (κ2) is 4.32. The summed E-state index contributed by atoms with van der Waals surface area (Å²) < 4.78 is 0. The number of rotatable bonds is 2.